The molecule has 0 saturated heterocycles. The van der Waals surface area contributed by atoms with E-state index in [0.29, 0.717) is 12.1 Å². The van der Waals surface area contributed by atoms with Gasteiger partial charge in [0.15, 0.2) is 0 Å². The predicted molar refractivity (Wildman–Crippen MR) is 164 cm³/mol. The third-order valence-corrected chi connectivity index (χ3v) is 8.77. The maximum absolute atomic E-state index is 14.2. The van der Waals surface area contributed by atoms with Crippen LogP contribution in [-0.4, -0.2) is 50.0 Å². The van der Waals surface area contributed by atoms with Gasteiger partial charge in [-0.15, -0.1) is 0 Å². The Labute approximate surface area is 244 Å². The summed E-state index contributed by atoms with van der Waals surface area (Å²) in [5.41, 5.74) is 4.15. The topological polar surface area (TPSA) is 86.8 Å². The predicted octanol–water partition coefficient (Wildman–Crippen LogP) is 5.16. The van der Waals surface area contributed by atoms with E-state index < -0.39 is 28.5 Å². The Balaban J connectivity index is 1.72. The highest BCUT2D eigenvalue weighted by Crippen LogP contribution is 2.23. The maximum Gasteiger partial charge on any atom is 0.244 e. The van der Waals surface area contributed by atoms with Crippen molar-refractivity contribution in [2.75, 3.05) is 17.1 Å². The Hall–Kier alpha value is -3.65. The second-order valence-electron chi connectivity index (χ2n) is 11.2. The molecule has 8 heteroatoms. The minimum Gasteiger partial charge on any atom is -0.352 e. The molecular weight excluding hydrogens is 534 g/mol. The minimum atomic E-state index is -3.79. The summed E-state index contributed by atoms with van der Waals surface area (Å²) in [6.07, 6.45) is 6.57. The third-order valence-electron chi connectivity index (χ3n) is 7.63. The SMILES string of the molecule is Cc1cccc(CN(C(=O)CN(c2cccc(C)c2)S(C)(=O)=O)C(Cc2ccccc2)C(=O)NC2CCCCC2)c1. The fraction of sp³-hybridized carbons (Fsp3) is 0.394. The lowest BCUT2D eigenvalue weighted by molar-refractivity contribution is -0.140. The summed E-state index contributed by atoms with van der Waals surface area (Å²) in [5.74, 6) is -0.638. The van der Waals surface area contributed by atoms with Crippen molar-refractivity contribution < 1.29 is 18.0 Å². The van der Waals surface area contributed by atoms with Gasteiger partial charge in [0.1, 0.15) is 12.6 Å². The molecule has 218 valence electrons. The first-order valence-corrected chi connectivity index (χ1v) is 16.2. The first kappa shape index (κ1) is 30.3. The summed E-state index contributed by atoms with van der Waals surface area (Å²) in [5, 5.41) is 3.23. The van der Waals surface area contributed by atoms with E-state index in [1.165, 1.54) is 0 Å². The van der Waals surface area contributed by atoms with Crippen LogP contribution in [0.5, 0.6) is 0 Å². The van der Waals surface area contributed by atoms with Crippen LogP contribution in [0.3, 0.4) is 0 Å². The quantitative estimate of drug-likeness (QED) is 0.342. The monoisotopic (exact) mass is 575 g/mol. The van der Waals surface area contributed by atoms with Crippen LogP contribution in [0.15, 0.2) is 78.9 Å². The van der Waals surface area contributed by atoms with Crippen molar-refractivity contribution in [2.45, 2.75) is 71.0 Å². The second kappa shape index (κ2) is 13.8. The molecule has 41 heavy (non-hydrogen) atoms. The van der Waals surface area contributed by atoms with Gasteiger partial charge in [-0.25, -0.2) is 8.42 Å². The van der Waals surface area contributed by atoms with E-state index >= 15 is 0 Å². The molecule has 1 unspecified atom stereocenters. The average molecular weight is 576 g/mol. The molecule has 1 N–H and O–H groups in total. The number of hydrogen-bond donors (Lipinski definition) is 1. The molecule has 1 saturated carbocycles. The number of nitrogens with zero attached hydrogens (tertiary/aromatic N) is 2. The molecule has 7 nitrogen and oxygen atoms in total. The number of nitrogens with one attached hydrogen (secondary N) is 1. The van der Waals surface area contributed by atoms with Crippen molar-refractivity contribution in [2.24, 2.45) is 0 Å². The number of rotatable bonds is 11. The van der Waals surface area contributed by atoms with Crippen LogP contribution in [0.1, 0.15) is 54.4 Å². The van der Waals surface area contributed by atoms with Crippen molar-refractivity contribution in [1.82, 2.24) is 10.2 Å². The van der Waals surface area contributed by atoms with Gasteiger partial charge >= 0.3 is 0 Å². The molecule has 1 fully saturated rings. The van der Waals surface area contributed by atoms with E-state index in [-0.39, 0.29) is 18.5 Å². The Morgan fingerprint density at radius 1 is 0.854 bits per heavy atom. The fourth-order valence-electron chi connectivity index (χ4n) is 5.50. The van der Waals surface area contributed by atoms with Crippen LogP contribution in [0.2, 0.25) is 0 Å². The Kier molecular flexibility index (Phi) is 10.2. The minimum absolute atomic E-state index is 0.0743. The number of carbonyl (C=O) groups is 2. The zero-order valence-electron chi connectivity index (χ0n) is 24.3. The van der Waals surface area contributed by atoms with Gasteiger partial charge < -0.3 is 10.2 Å². The molecule has 0 radical (unpaired) electrons. The second-order valence-corrected chi connectivity index (χ2v) is 13.1. The maximum atomic E-state index is 14.2. The molecule has 2 amide bonds. The lowest BCUT2D eigenvalue weighted by Gasteiger charge is -2.35. The Bertz CT molecular complexity index is 1440. The normalized spacial score (nSPS) is 14.7. The van der Waals surface area contributed by atoms with Gasteiger partial charge in [-0.1, -0.05) is 91.6 Å². The van der Waals surface area contributed by atoms with E-state index in [4.69, 9.17) is 0 Å². The molecule has 4 rings (SSSR count). The van der Waals surface area contributed by atoms with Gasteiger partial charge in [-0.3, -0.25) is 13.9 Å². The van der Waals surface area contributed by atoms with E-state index in [0.717, 1.165) is 64.9 Å². The molecule has 1 aliphatic rings. The van der Waals surface area contributed by atoms with E-state index in [2.05, 4.69) is 5.32 Å². The Morgan fingerprint density at radius 2 is 1.49 bits per heavy atom. The zero-order chi connectivity index (χ0) is 29.4. The van der Waals surface area contributed by atoms with Crippen molar-refractivity contribution >= 4 is 27.5 Å². The Morgan fingerprint density at radius 3 is 2.12 bits per heavy atom. The molecule has 0 bridgehead atoms. The molecule has 3 aromatic rings. The lowest BCUT2D eigenvalue weighted by Crippen LogP contribution is -2.55. The summed E-state index contributed by atoms with van der Waals surface area (Å²) in [7, 11) is -3.79. The van der Waals surface area contributed by atoms with Crippen LogP contribution >= 0.6 is 0 Å². The molecule has 0 aromatic heterocycles. The molecule has 1 atom stereocenters. The number of sulfonamides is 1. The number of hydrogen-bond acceptors (Lipinski definition) is 4. The number of anilines is 1. The molecular formula is C33H41N3O4S. The summed E-state index contributed by atoms with van der Waals surface area (Å²) in [6, 6.07) is 23.8. The van der Waals surface area contributed by atoms with Crippen molar-refractivity contribution in [3.05, 3.63) is 101 Å². The van der Waals surface area contributed by atoms with E-state index in [1.807, 2.05) is 74.5 Å². The summed E-state index contributed by atoms with van der Waals surface area (Å²) in [6.45, 7) is 3.63. The largest absolute Gasteiger partial charge is 0.352 e. The molecule has 1 aliphatic carbocycles. The third kappa shape index (κ3) is 8.67. The first-order valence-electron chi connectivity index (χ1n) is 14.3. The van der Waals surface area contributed by atoms with Crippen LogP contribution in [0.25, 0.3) is 0 Å². The van der Waals surface area contributed by atoms with Gasteiger partial charge in [-0.05, 0) is 55.5 Å². The van der Waals surface area contributed by atoms with Crippen molar-refractivity contribution in [3.8, 4) is 0 Å². The molecule has 0 heterocycles. The molecule has 0 spiro atoms. The first-order chi connectivity index (χ1) is 19.6. The highest BCUT2D eigenvalue weighted by molar-refractivity contribution is 7.92. The smallest absolute Gasteiger partial charge is 0.244 e. The zero-order valence-corrected chi connectivity index (χ0v) is 25.1. The highest BCUT2D eigenvalue weighted by atomic mass is 32.2. The van der Waals surface area contributed by atoms with Crippen molar-refractivity contribution in [3.63, 3.8) is 0 Å². The number of carbonyl (C=O) groups excluding carboxylic acids is 2. The standard InChI is InChI=1S/C33H41N3O4S/c1-25-12-10-16-28(20-25)23-35(32(37)24-36(41(3,39)40)30-19-11-13-26(2)21-30)31(22-27-14-6-4-7-15-27)33(38)34-29-17-8-5-9-18-29/h4,6-7,10-16,19-21,29,31H,5,8-9,17-18,22-24H2,1-3H3,(H,34,38). The highest BCUT2D eigenvalue weighted by Gasteiger charge is 2.34. The summed E-state index contributed by atoms with van der Waals surface area (Å²) in [4.78, 5) is 29.8. The van der Waals surface area contributed by atoms with Crippen LogP contribution in [0.4, 0.5) is 5.69 Å². The summed E-state index contributed by atoms with van der Waals surface area (Å²) >= 11 is 0. The average Bonchev–Trinajstić information content (AvgIpc) is 2.94. The lowest BCUT2D eigenvalue weighted by atomic mass is 9.94. The van der Waals surface area contributed by atoms with E-state index in [9.17, 15) is 18.0 Å². The van der Waals surface area contributed by atoms with Crippen LogP contribution in [0, 0.1) is 13.8 Å². The van der Waals surface area contributed by atoms with Crippen LogP contribution < -0.4 is 9.62 Å². The van der Waals surface area contributed by atoms with Crippen molar-refractivity contribution in [1.29, 1.82) is 0 Å². The van der Waals surface area contributed by atoms with E-state index in [1.54, 1.807) is 23.1 Å². The van der Waals surface area contributed by atoms with Gasteiger partial charge in [0.25, 0.3) is 0 Å². The summed E-state index contributed by atoms with van der Waals surface area (Å²) < 4.78 is 27.0. The number of aryl methyl sites for hydroxylation is 2. The van der Waals surface area contributed by atoms with Gasteiger partial charge in [-0.2, -0.15) is 0 Å². The van der Waals surface area contributed by atoms with Gasteiger partial charge in [0.2, 0.25) is 21.8 Å². The van der Waals surface area contributed by atoms with Gasteiger partial charge in [0.05, 0.1) is 11.9 Å². The molecule has 3 aromatic carbocycles. The van der Waals surface area contributed by atoms with Crippen LogP contribution in [-0.2, 0) is 32.6 Å². The number of amides is 2. The fourth-order valence-corrected chi connectivity index (χ4v) is 6.34. The van der Waals surface area contributed by atoms with Gasteiger partial charge in [0, 0.05) is 19.0 Å². The number of benzene rings is 3. The molecule has 0 aliphatic heterocycles.